The summed E-state index contributed by atoms with van der Waals surface area (Å²) in [6, 6.07) is 0. The molecule has 2 heterocycles. The average molecular weight is 225 g/mol. The first-order valence-corrected chi connectivity index (χ1v) is 7.85. The van der Waals surface area contributed by atoms with Crippen molar-refractivity contribution in [3.8, 4) is 0 Å². The molecule has 2 heteroatoms. The third kappa shape index (κ3) is 1.84. The van der Waals surface area contributed by atoms with Crippen molar-refractivity contribution in [1.82, 2.24) is 5.32 Å². The van der Waals surface area contributed by atoms with Crippen LogP contribution in [0.3, 0.4) is 0 Å². The average Bonchev–Trinajstić information content (AvgIpc) is 2.90. The van der Waals surface area contributed by atoms with Crippen LogP contribution < -0.4 is 5.32 Å². The van der Waals surface area contributed by atoms with Crippen molar-refractivity contribution in [3.05, 3.63) is 0 Å². The van der Waals surface area contributed by atoms with Gasteiger partial charge in [-0.15, -0.1) is 0 Å². The van der Waals surface area contributed by atoms with E-state index in [-0.39, 0.29) is 0 Å². The second kappa shape index (κ2) is 4.29. The van der Waals surface area contributed by atoms with Crippen molar-refractivity contribution in [2.75, 3.05) is 24.6 Å². The summed E-state index contributed by atoms with van der Waals surface area (Å²) in [5.74, 6) is 4.99. The van der Waals surface area contributed by atoms with E-state index in [2.05, 4.69) is 17.1 Å². The zero-order valence-electron chi connectivity index (χ0n) is 9.63. The summed E-state index contributed by atoms with van der Waals surface area (Å²) < 4.78 is 0. The maximum absolute atomic E-state index is 3.65. The fraction of sp³-hybridized carbons (Fsp3) is 1.00. The van der Waals surface area contributed by atoms with Gasteiger partial charge in [0.15, 0.2) is 0 Å². The lowest BCUT2D eigenvalue weighted by Gasteiger charge is -2.44. The van der Waals surface area contributed by atoms with Gasteiger partial charge in [-0.1, -0.05) is 25.7 Å². The van der Waals surface area contributed by atoms with Crippen molar-refractivity contribution < 1.29 is 0 Å². The molecule has 3 fully saturated rings. The molecule has 3 rings (SSSR count). The molecule has 0 aromatic heterocycles. The summed E-state index contributed by atoms with van der Waals surface area (Å²) in [6.07, 6.45) is 9.04. The topological polar surface area (TPSA) is 12.0 Å². The minimum atomic E-state index is 0.755. The molecule has 15 heavy (non-hydrogen) atoms. The van der Waals surface area contributed by atoms with Crippen molar-refractivity contribution in [2.45, 2.75) is 38.5 Å². The fourth-order valence-corrected chi connectivity index (χ4v) is 5.74. The van der Waals surface area contributed by atoms with E-state index in [4.69, 9.17) is 0 Å². The van der Waals surface area contributed by atoms with Gasteiger partial charge in [-0.3, -0.25) is 0 Å². The van der Waals surface area contributed by atoms with Crippen molar-refractivity contribution >= 4 is 11.8 Å². The van der Waals surface area contributed by atoms with Crippen molar-refractivity contribution in [1.29, 1.82) is 0 Å². The van der Waals surface area contributed by atoms with Crippen LogP contribution in [0.4, 0.5) is 0 Å². The number of hydrogen-bond acceptors (Lipinski definition) is 2. The van der Waals surface area contributed by atoms with Crippen LogP contribution in [0.1, 0.15) is 38.5 Å². The Kier molecular flexibility index (Phi) is 2.99. The van der Waals surface area contributed by atoms with Crippen LogP contribution in [-0.2, 0) is 0 Å². The van der Waals surface area contributed by atoms with E-state index in [1.807, 2.05) is 0 Å². The lowest BCUT2D eigenvalue weighted by atomic mass is 9.65. The van der Waals surface area contributed by atoms with Gasteiger partial charge in [0.25, 0.3) is 0 Å². The zero-order valence-corrected chi connectivity index (χ0v) is 10.5. The SMILES string of the molecule is C1CCC(C2CNCCC23CCSC3)C1. The molecule has 1 spiro atoms. The highest BCUT2D eigenvalue weighted by Gasteiger charge is 2.46. The van der Waals surface area contributed by atoms with Crippen LogP contribution in [0.5, 0.6) is 0 Å². The Bertz CT molecular complexity index is 217. The van der Waals surface area contributed by atoms with Crippen molar-refractivity contribution in [2.24, 2.45) is 17.3 Å². The van der Waals surface area contributed by atoms with Crippen LogP contribution in [0, 0.1) is 17.3 Å². The highest BCUT2D eigenvalue weighted by molar-refractivity contribution is 7.99. The van der Waals surface area contributed by atoms with E-state index in [0.717, 1.165) is 17.3 Å². The third-order valence-electron chi connectivity index (χ3n) is 5.05. The van der Waals surface area contributed by atoms with Gasteiger partial charge in [-0.2, -0.15) is 11.8 Å². The Balaban J connectivity index is 1.77. The third-order valence-corrected chi connectivity index (χ3v) is 6.32. The number of nitrogens with one attached hydrogen (secondary N) is 1. The van der Waals surface area contributed by atoms with E-state index in [0.29, 0.717) is 0 Å². The summed E-state index contributed by atoms with van der Waals surface area (Å²) in [5, 5.41) is 3.65. The molecule has 86 valence electrons. The molecule has 2 saturated heterocycles. The van der Waals surface area contributed by atoms with Crippen LogP contribution in [0.25, 0.3) is 0 Å². The molecular formula is C13H23NS. The minimum Gasteiger partial charge on any atom is -0.316 e. The number of piperidine rings is 1. The van der Waals surface area contributed by atoms with E-state index < -0.39 is 0 Å². The Morgan fingerprint density at radius 2 is 2.00 bits per heavy atom. The van der Waals surface area contributed by atoms with Crippen LogP contribution >= 0.6 is 11.8 Å². The number of rotatable bonds is 1. The second-order valence-corrected chi connectivity index (χ2v) is 6.88. The quantitative estimate of drug-likeness (QED) is 0.736. The summed E-state index contributed by atoms with van der Waals surface area (Å²) in [7, 11) is 0. The smallest absolute Gasteiger partial charge is 0.000679 e. The van der Waals surface area contributed by atoms with Crippen molar-refractivity contribution in [3.63, 3.8) is 0 Å². The van der Waals surface area contributed by atoms with Gasteiger partial charge < -0.3 is 5.32 Å². The summed E-state index contributed by atoms with van der Waals surface area (Å²) in [5.41, 5.74) is 0.755. The Labute approximate surface area is 97.8 Å². The molecule has 1 N–H and O–H groups in total. The fourth-order valence-electron chi connectivity index (χ4n) is 4.14. The predicted octanol–water partition coefficient (Wildman–Crippen LogP) is 2.91. The van der Waals surface area contributed by atoms with E-state index in [1.54, 1.807) is 0 Å². The van der Waals surface area contributed by atoms with E-state index >= 15 is 0 Å². The molecule has 1 nitrogen and oxygen atoms in total. The maximum atomic E-state index is 3.65. The molecule has 1 aliphatic carbocycles. The Hall–Kier alpha value is 0.310. The van der Waals surface area contributed by atoms with Gasteiger partial charge in [-0.25, -0.2) is 0 Å². The summed E-state index contributed by atoms with van der Waals surface area (Å²) >= 11 is 2.21. The first-order valence-electron chi connectivity index (χ1n) is 6.69. The molecule has 2 unspecified atom stereocenters. The Morgan fingerprint density at radius 1 is 1.13 bits per heavy atom. The van der Waals surface area contributed by atoms with E-state index in [1.165, 1.54) is 63.1 Å². The molecule has 0 amide bonds. The van der Waals surface area contributed by atoms with Gasteiger partial charge in [0.1, 0.15) is 0 Å². The van der Waals surface area contributed by atoms with Gasteiger partial charge in [0.2, 0.25) is 0 Å². The Morgan fingerprint density at radius 3 is 2.73 bits per heavy atom. The van der Waals surface area contributed by atoms with Gasteiger partial charge in [-0.05, 0) is 54.7 Å². The zero-order chi connectivity index (χ0) is 10.1. The normalized spacial score (nSPS) is 42.8. The standard InChI is InChI=1S/C13H23NS/c1-2-4-11(3-1)12-9-14-7-5-13(12)6-8-15-10-13/h11-12,14H,1-10H2. The minimum absolute atomic E-state index is 0.755. The molecule has 2 aliphatic heterocycles. The van der Waals surface area contributed by atoms with Crippen LogP contribution in [-0.4, -0.2) is 24.6 Å². The summed E-state index contributed by atoms with van der Waals surface area (Å²) in [4.78, 5) is 0. The molecular weight excluding hydrogens is 202 g/mol. The molecule has 1 saturated carbocycles. The van der Waals surface area contributed by atoms with Gasteiger partial charge in [0.05, 0.1) is 0 Å². The monoisotopic (exact) mass is 225 g/mol. The highest BCUT2D eigenvalue weighted by atomic mass is 32.2. The molecule has 0 radical (unpaired) electrons. The molecule has 0 aromatic rings. The number of thioether (sulfide) groups is 1. The summed E-state index contributed by atoms with van der Waals surface area (Å²) in [6.45, 7) is 2.61. The maximum Gasteiger partial charge on any atom is -0.000679 e. The first-order chi connectivity index (χ1) is 7.41. The largest absolute Gasteiger partial charge is 0.316 e. The van der Waals surface area contributed by atoms with E-state index in [9.17, 15) is 0 Å². The first kappa shape index (κ1) is 10.5. The van der Waals surface area contributed by atoms with Crippen LogP contribution in [0.2, 0.25) is 0 Å². The lowest BCUT2D eigenvalue weighted by molar-refractivity contribution is 0.0858. The highest BCUT2D eigenvalue weighted by Crippen LogP contribution is 2.51. The predicted molar refractivity (Wildman–Crippen MR) is 67.3 cm³/mol. The number of hydrogen-bond donors (Lipinski definition) is 1. The second-order valence-electron chi connectivity index (χ2n) is 5.77. The molecule has 0 bridgehead atoms. The lowest BCUT2D eigenvalue weighted by Crippen LogP contribution is -2.48. The van der Waals surface area contributed by atoms with Gasteiger partial charge >= 0.3 is 0 Å². The molecule has 0 aromatic carbocycles. The van der Waals surface area contributed by atoms with Gasteiger partial charge in [0, 0.05) is 0 Å². The van der Waals surface area contributed by atoms with Crippen LogP contribution in [0.15, 0.2) is 0 Å². The molecule has 2 atom stereocenters. The molecule has 3 aliphatic rings.